The van der Waals surface area contributed by atoms with E-state index < -0.39 is 0 Å². The van der Waals surface area contributed by atoms with E-state index in [4.69, 9.17) is 9.97 Å². The zero-order valence-electron chi connectivity index (χ0n) is 15.1. The smallest absolute Gasteiger partial charge is 0.115 e. The number of fused-ring (bicyclic) bond motifs is 6. The van der Waals surface area contributed by atoms with Crippen LogP contribution in [0.3, 0.4) is 0 Å². The number of pyridine rings is 1. The summed E-state index contributed by atoms with van der Waals surface area (Å²) in [6.07, 6.45) is 7.21. The number of hydrogen-bond acceptors (Lipinski definition) is 4. The summed E-state index contributed by atoms with van der Waals surface area (Å²) in [6.45, 7) is 2.03. The maximum absolute atomic E-state index is 5.11. The molecular formula is C22H19N5. The second-order valence-electron chi connectivity index (χ2n) is 7.63. The quantitative estimate of drug-likeness (QED) is 0.525. The Kier molecular flexibility index (Phi) is 3.04. The summed E-state index contributed by atoms with van der Waals surface area (Å²) in [5.41, 5.74) is 7.12. The predicted molar refractivity (Wildman–Crippen MR) is 104 cm³/mol. The highest BCUT2D eigenvalue weighted by molar-refractivity contribution is 5.85. The van der Waals surface area contributed by atoms with Gasteiger partial charge >= 0.3 is 0 Å². The van der Waals surface area contributed by atoms with Crippen molar-refractivity contribution in [1.82, 2.24) is 24.5 Å². The van der Waals surface area contributed by atoms with Gasteiger partial charge in [-0.1, -0.05) is 12.1 Å². The third-order valence-electron chi connectivity index (χ3n) is 5.95. The lowest BCUT2D eigenvalue weighted by atomic mass is 10.1. The Balaban J connectivity index is 1.63. The summed E-state index contributed by atoms with van der Waals surface area (Å²) in [4.78, 5) is 18.8. The molecule has 1 aliphatic carbocycles. The van der Waals surface area contributed by atoms with Gasteiger partial charge in [0.2, 0.25) is 0 Å². The van der Waals surface area contributed by atoms with E-state index >= 15 is 0 Å². The van der Waals surface area contributed by atoms with Gasteiger partial charge in [0.1, 0.15) is 11.5 Å². The Morgan fingerprint density at radius 2 is 1.85 bits per heavy atom. The third-order valence-corrected chi connectivity index (χ3v) is 5.95. The summed E-state index contributed by atoms with van der Waals surface area (Å²) in [5.74, 6) is 1.83. The summed E-state index contributed by atoms with van der Waals surface area (Å²) in [7, 11) is 0. The van der Waals surface area contributed by atoms with E-state index in [1.165, 1.54) is 30.8 Å². The molecule has 0 spiro atoms. The Labute approximate surface area is 157 Å². The van der Waals surface area contributed by atoms with Crippen LogP contribution in [0.4, 0.5) is 0 Å². The number of hydrogen-bond donors (Lipinski definition) is 0. The Bertz CT molecular complexity index is 1190. The van der Waals surface area contributed by atoms with Crippen LogP contribution in [0.5, 0.6) is 0 Å². The highest BCUT2D eigenvalue weighted by Gasteiger charge is 2.41. The van der Waals surface area contributed by atoms with E-state index in [2.05, 4.69) is 44.9 Å². The number of aryl methyl sites for hydroxylation is 1. The topological polar surface area (TPSA) is 56.5 Å². The van der Waals surface area contributed by atoms with Crippen LogP contribution in [0.15, 0.2) is 48.8 Å². The molecule has 2 bridgehead atoms. The molecule has 2 aliphatic rings. The van der Waals surface area contributed by atoms with E-state index in [0.29, 0.717) is 12.0 Å². The minimum atomic E-state index is 0.559. The average Bonchev–Trinajstić information content (AvgIpc) is 3.40. The first-order valence-electron chi connectivity index (χ1n) is 9.55. The van der Waals surface area contributed by atoms with Crippen molar-refractivity contribution in [3.05, 3.63) is 60.3 Å². The Morgan fingerprint density at radius 3 is 2.74 bits per heavy atom. The largest absolute Gasteiger partial charge is 0.324 e. The molecule has 6 rings (SSSR count). The van der Waals surface area contributed by atoms with Gasteiger partial charge in [-0.3, -0.25) is 15.0 Å². The molecule has 4 heterocycles. The molecule has 1 fully saturated rings. The van der Waals surface area contributed by atoms with Crippen molar-refractivity contribution < 1.29 is 0 Å². The lowest BCUT2D eigenvalue weighted by Gasteiger charge is -2.17. The van der Waals surface area contributed by atoms with Gasteiger partial charge < -0.3 is 4.57 Å². The van der Waals surface area contributed by atoms with E-state index in [1.807, 2.05) is 13.0 Å². The second kappa shape index (κ2) is 5.46. The summed E-state index contributed by atoms with van der Waals surface area (Å²) in [6, 6.07) is 13.1. The van der Waals surface area contributed by atoms with Crippen LogP contribution < -0.4 is 0 Å². The third kappa shape index (κ3) is 2.17. The number of imidazole rings is 1. The molecule has 1 aromatic carbocycles. The molecule has 132 valence electrons. The Hall–Kier alpha value is -3.08. The monoisotopic (exact) mass is 353 g/mol. The van der Waals surface area contributed by atoms with Crippen molar-refractivity contribution >= 4 is 11.0 Å². The molecule has 1 unspecified atom stereocenters. The van der Waals surface area contributed by atoms with Crippen LogP contribution in [-0.4, -0.2) is 24.5 Å². The number of nitrogens with zero attached hydrogens (tertiary/aromatic N) is 5. The molecule has 1 saturated carbocycles. The number of benzene rings is 1. The summed E-state index contributed by atoms with van der Waals surface area (Å²) >= 11 is 0. The summed E-state index contributed by atoms with van der Waals surface area (Å²) in [5, 5.41) is 0. The van der Waals surface area contributed by atoms with Crippen molar-refractivity contribution in [2.24, 2.45) is 0 Å². The normalized spacial score (nSPS) is 20.3. The SMILES string of the molecule is Cc1cccc(-c2nc3n(c2-c2ccc4nccnc4c2)[C@@H]2CCC3C2)n1. The van der Waals surface area contributed by atoms with Crippen molar-refractivity contribution in [3.8, 4) is 22.6 Å². The van der Waals surface area contributed by atoms with E-state index in [9.17, 15) is 0 Å². The molecule has 5 nitrogen and oxygen atoms in total. The van der Waals surface area contributed by atoms with Crippen LogP contribution in [0.25, 0.3) is 33.7 Å². The fourth-order valence-electron chi connectivity index (χ4n) is 4.77. The van der Waals surface area contributed by atoms with Gasteiger partial charge in [0.25, 0.3) is 0 Å². The van der Waals surface area contributed by atoms with E-state index in [-0.39, 0.29) is 0 Å². The lowest BCUT2D eigenvalue weighted by Crippen LogP contribution is -2.07. The maximum Gasteiger partial charge on any atom is 0.115 e. The van der Waals surface area contributed by atoms with Gasteiger partial charge in [-0.2, -0.15) is 0 Å². The number of aromatic nitrogens is 5. The van der Waals surface area contributed by atoms with Gasteiger partial charge in [-0.05, 0) is 50.5 Å². The van der Waals surface area contributed by atoms with E-state index in [1.54, 1.807) is 12.4 Å². The molecule has 1 aliphatic heterocycles. The van der Waals surface area contributed by atoms with Crippen LogP contribution in [0.1, 0.15) is 42.7 Å². The van der Waals surface area contributed by atoms with Crippen LogP contribution in [0.2, 0.25) is 0 Å². The molecular weight excluding hydrogens is 334 g/mol. The first kappa shape index (κ1) is 15.0. The van der Waals surface area contributed by atoms with Gasteiger partial charge in [-0.25, -0.2) is 4.98 Å². The first-order chi connectivity index (χ1) is 13.3. The molecule has 0 N–H and O–H groups in total. The molecule has 2 atom stereocenters. The fraction of sp³-hybridized carbons (Fsp3) is 0.273. The Morgan fingerprint density at radius 1 is 0.963 bits per heavy atom. The average molecular weight is 353 g/mol. The van der Waals surface area contributed by atoms with Crippen molar-refractivity contribution in [2.45, 2.75) is 38.1 Å². The minimum Gasteiger partial charge on any atom is -0.324 e. The standard InChI is InChI=1S/C22H19N5/c1-13-3-2-4-18(25-13)20-21(27-16-7-5-15(11-16)22(27)26-20)14-6-8-17-19(12-14)24-10-9-23-17/h2-4,6,8-10,12,15-16H,5,7,11H2,1H3/t15?,16-/m1/s1. The molecule has 0 amide bonds. The maximum atomic E-state index is 5.11. The van der Waals surface area contributed by atoms with E-state index in [0.717, 1.165) is 33.7 Å². The zero-order valence-corrected chi connectivity index (χ0v) is 15.1. The lowest BCUT2D eigenvalue weighted by molar-refractivity contribution is 0.530. The molecule has 0 saturated heterocycles. The van der Waals surface area contributed by atoms with Crippen LogP contribution in [0, 0.1) is 6.92 Å². The highest BCUT2D eigenvalue weighted by Crippen LogP contribution is 2.52. The molecule has 5 heteroatoms. The molecule has 3 aromatic heterocycles. The van der Waals surface area contributed by atoms with Gasteiger partial charge in [0.05, 0.1) is 22.4 Å². The zero-order chi connectivity index (χ0) is 18.0. The minimum absolute atomic E-state index is 0.559. The predicted octanol–water partition coefficient (Wildman–Crippen LogP) is 4.69. The first-order valence-corrected chi connectivity index (χ1v) is 9.55. The van der Waals surface area contributed by atoms with Gasteiger partial charge in [0.15, 0.2) is 0 Å². The summed E-state index contributed by atoms with van der Waals surface area (Å²) < 4.78 is 2.48. The van der Waals surface area contributed by atoms with Crippen LogP contribution in [-0.2, 0) is 0 Å². The van der Waals surface area contributed by atoms with Gasteiger partial charge in [-0.15, -0.1) is 0 Å². The van der Waals surface area contributed by atoms with Crippen LogP contribution >= 0.6 is 0 Å². The second-order valence-corrected chi connectivity index (χ2v) is 7.63. The van der Waals surface area contributed by atoms with Gasteiger partial charge in [0, 0.05) is 35.6 Å². The van der Waals surface area contributed by atoms with Crippen molar-refractivity contribution in [2.75, 3.05) is 0 Å². The number of rotatable bonds is 2. The highest BCUT2D eigenvalue weighted by atomic mass is 15.2. The molecule has 4 aromatic rings. The van der Waals surface area contributed by atoms with Crippen molar-refractivity contribution in [1.29, 1.82) is 0 Å². The fourth-order valence-corrected chi connectivity index (χ4v) is 4.77. The molecule has 27 heavy (non-hydrogen) atoms. The van der Waals surface area contributed by atoms with Crippen molar-refractivity contribution in [3.63, 3.8) is 0 Å². The molecule has 0 radical (unpaired) electrons.